The van der Waals surface area contributed by atoms with E-state index in [2.05, 4.69) is 22.5 Å². The highest BCUT2D eigenvalue weighted by Crippen LogP contribution is 2.30. The van der Waals surface area contributed by atoms with Gasteiger partial charge in [-0.15, -0.1) is 0 Å². The molecule has 2 aromatic heterocycles. The van der Waals surface area contributed by atoms with E-state index in [4.69, 9.17) is 4.98 Å². The van der Waals surface area contributed by atoms with E-state index >= 15 is 0 Å². The van der Waals surface area contributed by atoms with Crippen LogP contribution in [0.4, 0.5) is 5.82 Å². The number of anilines is 1. The fourth-order valence-electron chi connectivity index (χ4n) is 3.35. The zero-order chi connectivity index (χ0) is 22.3. The highest BCUT2D eigenvalue weighted by Gasteiger charge is 2.17. The first kappa shape index (κ1) is 21.2. The number of hydrogen-bond acceptors (Lipinski definition) is 6. The first-order valence-corrected chi connectivity index (χ1v) is 12.2. The Hall–Kier alpha value is -3.04. The van der Waals surface area contributed by atoms with Crippen LogP contribution in [0.3, 0.4) is 0 Å². The number of nitrogens with one attached hydrogen (secondary N) is 1. The third-order valence-corrected chi connectivity index (χ3v) is 7.66. The number of aryl methyl sites for hydroxylation is 3. The van der Waals surface area contributed by atoms with Crippen molar-refractivity contribution in [2.45, 2.75) is 32.6 Å². The van der Waals surface area contributed by atoms with Crippen LogP contribution >= 0.6 is 11.3 Å². The van der Waals surface area contributed by atoms with Crippen molar-refractivity contribution in [3.8, 4) is 5.13 Å². The zero-order valence-corrected chi connectivity index (χ0v) is 19.3. The van der Waals surface area contributed by atoms with Crippen molar-refractivity contribution in [3.63, 3.8) is 0 Å². The van der Waals surface area contributed by atoms with Gasteiger partial charge in [0.05, 0.1) is 26.6 Å². The van der Waals surface area contributed by atoms with E-state index in [1.54, 1.807) is 17.7 Å². The molecule has 4 rings (SSSR count). The van der Waals surface area contributed by atoms with Gasteiger partial charge in [0.15, 0.2) is 9.84 Å². The van der Waals surface area contributed by atoms with Gasteiger partial charge >= 0.3 is 0 Å². The lowest BCUT2D eigenvalue weighted by molar-refractivity contribution is 0.102. The summed E-state index contributed by atoms with van der Waals surface area (Å²) in [6.45, 7) is 7.51. The summed E-state index contributed by atoms with van der Waals surface area (Å²) in [6.07, 6.45) is 0. The number of sulfone groups is 1. The summed E-state index contributed by atoms with van der Waals surface area (Å²) in [7, 11) is -3.31. The molecule has 0 spiro atoms. The Balaban J connectivity index is 1.65. The van der Waals surface area contributed by atoms with Crippen molar-refractivity contribution in [2.75, 3.05) is 11.1 Å². The molecule has 4 aromatic rings. The quantitative estimate of drug-likeness (QED) is 0.481. The maximum absolute atomic E-state index is 12.8. The normalized spacial score (nSPS) is 11.7. The Kier molecular flexibility index (Phi) is 5.40. The van der Waals surface area contributed by atoms with Crippen molar-refractivity contribution >= 4 is 43.1 Å². The van der Waals surface area contributed by atoms with Gasteiger partial charge in [-0.3, -0.25) is 4.79 Å². The highest BCUT2D eigenvalue weighted by atomic mass is 32.2. The van der Waals surface area contributed by atoms with Crippen LogP contribution in [0.1, 0.15) is 34.1 Å². The van der Waals surface area contributed by atoms with Gasteiger partial charge in [0.2, 0.25) is 5.13 Å². The summed E-state index contributed by atoms with van der Waals surface area (Å²) < 4.78 is 26.6. The molecule has 2 heterocycles. The van der Waals surface area contributed by atoms with E-state index in [0.717, 1.165) is 21.5 Å². The number of carbonyl (C=O) groups excluding carboxylic acids is 1. The van der Waals surface area contributed by atoms with E-state index < -0.39 is 9.84 Å². The lowest BCUT2D eigenvalue weighted by Crippen LogP contribution is -2.15. The van der Waals surface area contributed by atoms with Crippen LogP contribution in [0.2, 0.25) is 0 Å². The monoisotopic (exact) mass is 454 g/mol. The Labute approximate surface area is 184 Å². The lowest BCUT2D eigenvalue weighted by atomic mass is 10.1. The molecule has 1 N–H and O–H groups in total. The summed E-state index contributed by atoms with van der Waals surface area (Å²) >= 11 is 1.51. The first-order chi connectivity index (χ1) is 14.7. The van der Waals surface area contributed by atoms with Gasteiger partial charge in [-0.1, -0.05) is 24.3 Å². The number of thiazole rings is 1. The number of amides is 1. The van der Waals surface area contributed by atoms with Crippen molar-refractivity contribution in [2.24, 2.45) is 0 Å². The molecule has 0 saturated carbocycles. The second-order valence-electron chi connectivity index (χ2n) is 7.39. The average Bonchev–Trinajstić information content (AvgIpc) is 3.31. The maximum Gasteiger partial charge on any atom is 0.256 e. The molecule has 160 valence electrons. The predicted molar refractivity (Wildman–Crippen MR) is 123 cm³/mol. The molecule has 0 aliphatic carbocycles. The van der Waals surface area contributed by atoms with Crippen LogP contribution in [0, 0.1) is 20.8 Å². The smallest absolute Gasteiger partial charge is 0.256 e. The molecular weight excluding hydrogens is 432 g/mol. The number of hydrogen-bond donors (Lipinski definition) is 1. The second kappa shape index (κ2) is 7.90. The van der Waals surface area contributed by atoms with Crippen molar-refractivity contribution in [3.05, 3.63) is 64.8 Å². The van der Waals surface area contributed by atoms with Gasteiger partial charge in [-0.05, 0) is 62.2 Å². The average molecular weight is 455 g/mol. The van der Waals surface area contributed by atoms with E-state index in [1.807, 2.05) is 20.8 Å². The van der Waals surface area contributed by atoms with E-state index in [9.17, 15) is 13.2 Å². The minimum Gasteiger partial charge on any atom is -0.306 e. The van der Waals surface area contributed by atoms with Crippen molar-refractivity contribution < 1.29 is 13.2 Å². The van der Waals surface area contributed by atoms with Crippen LogP contribution < -0.4 is 5.32 Å². The number of aromatic nitrogens is 3. The Morgan fingerprint density at radius 3 is 2.48 bits per heavy atom. The maximum atomic E-state index is 12.8. The summed E-state index contributed by atoms with van der Waals surface area (Å²) in [4.78, 5) is 17.7. The van der Waals surface area contributed by atoms with Crippen LogP contribution in [-0.2, 0) is 9.84 Å². The summed E-state index contributed by atoms with van der Waals surface area (Å²) in [5.74, 6) is 0.161. The van der Waals surface area contributed by atoms with Crippen LogP contribution in [0.25, 0.3) is 15.3 Å². The molecule has 0 aliphatic rings. The van der Waals surface area contributed by atoms with Crippen LogP contribution in [0.15, 0.2) is 47.4 Å². The van der Waals surface area contributed by atoms with Gasteiger partial charge in [0, 0.05) is 11.6 Å². The van der Waals surface area contributed by atoms with Gasteiger partial charge < -0.3 is 5.32 Å². The van der Waals surface area contributed by atoms with Gasteiger partial charge in [-0.2, -0.15) is 9.78 Å². The number of benzene rings is 2. The molecule has 7 nitrogen and oxygen atoms in total. The van der Waals surface area contributed by atoms with E-state index in [-0.39, 0.29) is 16.6 Å². The highest BCUT2D eigenvalue weighted by molar-refractivity contribution is 7.91. The summed E-state index contributed by atoms with van der Waals surface area (Å²) in [5.41, 5.74) is 4.28. The standard InChI is InChI=1S/C22H22N4O3S2/c1-5-31(28,29)17-8-6-16(7-9-17)21(27)23-19-12-15(4)25-26(19)22-24-20-14(3)10-13(2)11-18(20)30-22/h6-12H,5H2,1-4H3,(H,23,27). The molecule has 0 radical (unpaired) electrons. The van der Waals surface area contributed by atoms with Gasteiger partial charge in [0.25, 0.3) is 5.91 Å². The van der Waals surface area contributed by atoms with Crippen molar-refractivity contribution in [1.29, 1.82) is 0 Å². The van der Waals surface area contributed by atoms with Gasteiger partial charge in [0.1, 0.15) is 5.82 Å². The second-order valence-corrected chi connectivity index (χ2v) is 10.7. The molecule has 9 heteroatoms. The van der Waals surface area contributed by atoms with Crippen molar-refractivity contribution in [1.82, 2.24) is 14.8 Å². The number of nitrogens with zero attached hydrogens (tertiary/aromatic N) is 3. The zero-order valence-electron chi connectivity index (χ0n) is 17.6. The van der Waals surface area contributed by atoms with Crippen LogP contribution in [0.5, 0.6) is 0 Å². The van der Waals surface area contributed by atoms with Gasteiger partial charge in [-0.25, -0.2) is 13.4 Å². The molecule has 2 aromatic carbocycles. The SMILES string of the molecule is CCS(=O)(=O)c1ccc(C(=O)Nc2cc(C)nn2-c2nc3c(C)cc(C)cc3s2)cc1. The molecular formula is C22H22N4O3S2. The molecule has 1 amide bonds. The fraction of sp³-hybridized carbons (Fsp3) is 0.227. The number of fused-ring (bicyclic) bond motifs is 1. The first-order valence-electron chi connectivity index (χ1n) is 9.77. The lowest BCUT2D eigenvalue weighted by Gasteiger charge is -2.07. The summed E-state index contributed by atoms with van der Waals surface area (Å²) in [5, 5.41) is 8.03. The van der Waals surface area contributed by atoms with E-state index in [0.29, 0.717) is 16.5 Å². The van der Waals surface area contributed by atoms with E-state index in [1.165, 1.54) is 41.2 Å². The summed E-state index contributed by atoms with van der Waals surface area (Å²) in [6, 6.07) is 11.9. The molecule has 0 atom stereocenters. The number of rotatable bonds is 5. The Bertz CT molecular complexity index is 1400. The largest absolute Gasteiger partial charge is 0.306 e. The predicted octanol–water partition coefficient (Wildman–Crippen LogP) is 4.45. The Morgan fingerprint density at radius 1 is 1.10 bits per heavy atom. The fourth-order valence-corrected chi connectivity index (χ4v) is 5.34. The molecule has 0 aliphatic heterocycles. The third kappa shape index (κ3) is 4.11. The molecule has 31 heavy (non-hydrogen) atoms. The van der Waals surface area contributed by atoms with Crippen LogP contribution in [-0.4, -0.2) is 34.8 Å². The molecule has 0 saturated heterocycles. The topological polar surface area (TPSA) is 94.0 Å². The minimum atomic E-state index is -3.31. The Morgan fingerprint density at radius 2 is 1.81 bits per heavy atom. The molecule has 0 fully saturated rings. The molecule has 0 unspecified atom stereocenters. The minimum absolute atomic E-state index is 0.0121. The number of carbonyl (C=O) groups is 1. The third-order valence-electron chi connectivity index (χ3n) is 4.93. The molecule has 0 bridgehead atoms.